The van der Waals surface area contributed by atoms with Gasteiger partial charge in [0.2, 0.25) is 0 Å². The zero-order valence-corrected chi connectivity index (χ0v) is 11.7. The van der Waals surface area contributed by atoms with Gasteiger partial charge in [0.25, 0.3) is 0 Å². The lowest BCUT2D eigenvalue weighted by atomic mass is 9.97. The van der Waals surface area contributed by atoms with Gasteiger partial charge in [-0.2, -0.15) is 13.2 Å². The molecule has 1 N–H and O–H groups in total. The summed E-state index contributed by atoms with van der Waals surface area (Å²) < 4.78 is 38.0. The lowest BCUT2D eigenvalue weighted by Gasteiger charge is -2.19. The Morgan fingerprint density at radius 2 is 1.76 bits per heavy atom. The lowest BCUT2D eigenvalue weighted by Crippen LogP contribution is -2.23. The second-order valence-corrected chi connectivity index (χ2v) is 5.41. The van der Waals surface area contributed by atoms with Crippen LogP contribution in [0.15, 0.2) is 42.5 Å². The standard InChI is InChI=1S/C17H16F3N/c1-21-16(10-17(18,19)20)13-7-6-12-8-11-4-2-3-5-14(11)15(12)9-13/h2-7,9,16,21H,8,10H2,1H3. The van der Waals surface area contributed by atoms with Crippen LogP contribution in [-0.2, 0) is 6.42 Å². The summed E-state index contributed by atoms with van der Waals surface area (Å²) in [6, 6.07) is 13.0. The molecule has 0 aliphatic heterocycles. The molecule has 21 heavy (non-hydrogen) atoms. The van der Waals surface area contributed by atoms with Crippen LogP contribution in [0.5, 0.6) is 0 Å². The largest absolute Gasteiger partial charge is 0.390 e. The molecule has 0 heterocycles. The fourth-order valence-corrected chi connectivity index (χ4v) is 2.98. The van der Waals surface area contributed by atoms with Gasteiger partial charge < -0.3 is 5.32 Å². The molecule has 4 heteroatoms. The Labute approximate surface area is 121 Å². The van der Waals surface area contributed by atoms with Crippen molar-refractivity contribution in [2.75, 3.05) is 7.05 Å². The van der Waals surface area contributed by atoms with Gasteiger partial charge in [-0.25, -0.2) is 0 Å². The zero-order chi connectivity index (χ0) is 15.0. The van der Waals surface area contributed by atoms with E-state index in [0.29, 0.717) is 5.56 Å². The molecule has 0 aromatic heterocycles. The fraction of sp³-hybridized carbons (Fsp3) is 0.294. The van der Waals surface area contributed by atoms with Crippen molar-refractivity contribution in [1.29, 1.82) is 0 Å². The monoisotopic (exact) mass is 291 g/mol. The van der Waals surface area contributed by atoms with E-state index in [-0.39, 0.29) is 0 Å². The molecule has 0 spiro atoms. The summed E-state index contributed by atoms with van der Waals surface area (Å²) in [5, 5.41) is 2.77. The predicted octanol–water partition coefficient (Wildman–Crippen LogP) is 4.47. The van der Waals surface area contributed by atoms with Gasteiger partial charge >= 0.3 is 6.18 Å². The highest BCUT2D eigenvalue weighted by Gasteiger charge is 2.32. The molecule has 0 saturated carbocycles. The number of rotatable bonds is 3. The van der Waals surface area contributed by atoms with E-state index in [2.05, 4.69) is 11.4 Å². The van der Waals surface area contributed by atoms with Gasteiger partial charge in [-0.05, 0) is 47.4 Å². The molecule has 0 saturated heterocycles. The summed E-state index contributed by atoms with van der Waals surface area (Å²) in [5.41, 5.74) is 5.30. The highest BCUT2D eigenvalue weighted by atomic mass is 19.4. The average molecular weight is 291 g/mol. The minimum absolute atomic E-state index is 0.685. The van der Waals surface area contributed by atoms with Gasteiger partial charge in [-0.1, -0.05) is 36.4 Å². The smallest absolute Gasteiger partial charge is 0.313 e. The van der Waals surface area contributed by atoms with E-state index in [0.717, 1.165) is 17.5 Å². The molecule has 110 valence electrons. The Balaban J connectivity index is 1.97. The first-order valence-corrected chi connectivity index (χ1v) is 6.93. The molecule has 0 bridgehead atoms. The molecule has 0 radical (unpaired) electrons. The summed E-state index contributed by atoms with van der Waals surface area (Å²) in [6.45, 7) is 0. The first-order valence-electron chi connectivity index (χ1n) is 6.93. The van der Waals surface area contributed by atoms with Gasteiger partial charge in [-0.3, -0.25) is 0 Å². The molecule has 1 aliphatic rings. The minimum atomic E-state index is -4.18. The maximum atomic E-state index is 12.7. The van der Waals surface area contributed by atoms with Gasteiger partial charge in [0.05, 0.1) is 6.42 Å². The third-order valence-corrected chi connectivity index (χ3v) is 4.01. The molecule has 2 aromatic rings. The molecule has 2 aromatic carbocycles. The van der Waals surface area contributed by atoms with Crippen molar-refractivity contribution in [2.24, 2.45) is 0 Å². The van der Waals surface area contributed by atoms with Crippen molar-refractivity contribution >= 4 is 0 Å². The van der Waals surface area contributed by atoms with Crippen LogP contribution in [0.25, 0.3) is 11.1 Å². The van der Waals surface area contributed by atoms with Crippen LogP contribution >= 0.6 is 0 Å². The van der Waals surface area contributed by atoms with Crippen LogP contribution in [-0.4, -0.2) is 13.2 Å². The van der Waals surface area contributed by atoms with E-state index in [9.17, 15) is 13.2 Å². The predicted molar refractivity (Wildman–Crippen MR) is 77.2 cm³/mol. The first-order chi connectivity index (χ1) is 9.98. The number of nitrogens with one attached hydrogen (secondary N) is 1. The molecule has 1 aliphatic carbocycles. The Morgan fingerprint density at radius 1 is 1.05 bits per heavy atom. The molecule has 1 nitrogen and oxygen atoms in total. The van der Waals surface area contributed by atoms with Gasteiger partial charge in [0.15, 0.2) is 0 Å². The highest BCUT2D eigenvalue weighted by molar-refractivity contribution is 5.77. The topological polar surface area (TPSA) is 12.0 Å². The molecule has 1 atom stereocenters. The number of halogens is 3. The second kappa shape index (κ2) is 5.19. The Hall–Kier alpha value is -1.81. The van der Waals surface area contributed by atoms with E-state index in [4.69, 9.17) is 0 Å². The van der Waals surface area contributed by atoms with Gasteiger partial charge in [-0.15, -0.1) is 0 Å². The minimum Gasteiger partial charge on any atom is -0.313 e. The van der Waals surface area contributed by atoms with Crippen LogP contribution in [0.1, 0.15) is 29.2 Å². The van der Waals surface area contributed by atoms with E-state index < -0.39 is 18.6 Å². The highest BCUT2D eigenvalue weighted by Crippen LogP contribution is 2.39. The SMILES string of the molecule is CNC(CC(F)(F)F)c1ccc2c(c1)-c1ccccc1C2. The van der Waals surface area contributed by atoms with Crippen molar-refractivity contribution in [3.63, 3.8) is 0 Å². The van der Waals surface area contributed by atoms with Crippen LogP contribution in [0.2, 0.25) is 0 Å². The van der Waals surface area contributed by atoms with E-state index in [1.807, 2.05) is 30.3 Å². The van der Waals surface area contributed by atoms with Gasteiger partial charge in [0.1, 0.15) is 0 Å². The Bertz CT molecular complexity index is 661. The zero-order valence-electron chi connectivity index (χ0n) is 11.7. The third kappa shape index (κ3) is 2.81. The normalized spacial score (nSPS) is 14.7. The molecule has 1 unspecified atom stereocenters. The number of hydrogen-bond acceptors (Lipinski definition) is 1. The van der Waals surface area contributed by atoms with Crippen molar-refractivity contribution in [3.8, 4) is 11.1 Å². The summed E-state index contributed by atoms with van der Waals surface area (Å²) in [5.74, 6) is 0. The summed E-state index contributed by atoms with van der Waals surface area (Å²) in [7, 11) is 1.57. The van der Waals surface area contributed by atoms with Crippen molar-refractivity contribution in [2.45, 2.75) is 25.1 Å². The average Bonchev–Trinajstić information content (AvgIpc) is 2.81. The quantitative estimate of drug-likeness (QED) is 0.750. The van der Waals surface area contributed by atoms with Crippen molar-refractivity contribution < 1.29 is 13.2 Å². The number of benzene rings is 2. The Morgan fingerprint density at radius 3 is 2.48 bits per heavy atom. The van der Waals surface area contributed by atoms with Crippen LogP contribution in [0.4, 0.5) is 13.2 Å². The Kier molecular flexibility index (Phi) is 3.49. The maximum absolute atomic E-state index is 12.7. The molecule has 0 fully saturated rings. The third-order valence-electron chi connectivity index (χ3n) is 4.01. The summed E-state index contributed by atoms with van der Waals surface area (Å²) in [4.78, 5) is 0. The van der Waals surface area contributed by atoms with Crippen LogP contribution in [0.3, 0.4) is 0 Å². The number of fused-ring (bicyclic) bond motifs is 3. The van der Waals surface area contributed by atoms with Crippen LogP contribution in [0, 0.1) is 0 Å². The first kappa shape index (κ1) is 14.1. The van der Waals surface area contributed by atoms with E-state index >= 15 is 0 Å². The summed E-state index contributed by atoms with van der Waals surface area (Å²) in [6.07, 6.45) is -4.18. The van der Waals surface area contributed by atoms with E-state index in [1.165, 1.54) is 11.1 Å². The van der Waals surface area contributed by atoms with Crippen molar-refractivity contribution in [3.05, 3.63) is 59.2 Å². The second-order valence-electron chi connectivity index (χ2n) is 5.41. The number of alkyl halides is 3. The van der Waals surface area contributed by atoms with Gasteiger partial charge in [0, 0.05) is 6.04 Å². The molecule has 3 rings (SSSR count). The fourth-order valence-electron chi connectivity index (χ4n) is 2.98. The van der Waals surface area contributed by atoms with E-state index in [1.54, 1.807) is 13.1 Å². The molecule has 0 amide bonds. The molecular weight excluding hydrogens is 275 g/mol. The van der Waals surface area contributed by atoms with Crippen LogP contribution < -0.4 is 5.32 Å². The number of hydrogen-bond donors (Lipinski definition) is 1. The maximum Gasteiger partial charge on any atom is 0.390 e. The lowest BCUT2D eigenvalue weighted by molar-refractivity contribution is -0.140. The van der Waals surface area contributed by atoms with Crippen molar-refractivity contribution in [1.82, 2.24) is 5.32 Å². The summed E-state index contributed by atoms with van der Waals surface area (Å²) >= 11 is 0. The molecular formula is C17H16F3N.